The summed E-state index contributed by atoms with van der Waals surface area (Å²) in [5.41, 5.74) is 2.89. The number of hydrazone groups is 1. The third-order valence-electron chi connectivity index (χ3n) is 3.05. The van der Waals surface area contributed by atoms with Gasteiger partial charge in [-0.05, 0) is 29.8 Å². The maximum absolute atomic E-state index is 11.8. The highest BCUT2D eigenvalue weighted by atomic mass is 16.6. The number of nitrogens with one attached hydrogen (secondary N) is 2. The first kappa shape index (κ1) is 17.6. The molecule has 0 bridgehead atoms. The summed E-state index contributed by atoms with van der Waals surface area (Å²) in [6, 6.07) is 12.2. The van der Waals surface area contributed by atoms with Crippen LogP contribution in [0.25, 0.3) is 0 Å². The Hall–Kier alpha value is -3.75. The molecule has 0 aliphatic rings. The number of benzene rings is 2. The van der Waals surface area contributed by atoms with Gasteiger partial charge in [-0.15, -0.1) is 0 Å². The fourth-order valence-electron chi connectivity index (χ4n) is 1.83. The molecule has 0 spiro atoms. The first-order chi connectivity index (χ1) is 12.0. The van der Waals surface area contributed by atoms with Gasteiger partial charge in [0.1, 0.15) is 5.75 Å². The van der Waals surface area contributed by atoms with Crippen LogP contribution in [0.5, 0.6) is 5.75 Å². The molecule has 0 saturated heterocycles. The molecule has 0 aliphatic heterocycles. The van der Waals surface area contributed by atoms with Crippen LogP contribution in [-0.2, 0) is 9.59 Å². The lowest BCUT2D eigenvalue weighted by Gasteiger charge is -2.08. The van der Waals surface area contributed by atoms with Gasteiger partial charge >= 0.3 is 11.8 Å². The monoisotopic (exact) mass is 342 g/mol. The molecule has 0 saturated carbocycles. The number of nitro benzene ring substituents is 1. The highest BCUT2D eigenvalue weighted by Crippen LogP contribution is 2.22. The van der Waals surface area contributed by atoms with E-state index in [2.05, 4.69) is 15.8 Å². The summed E-state index contributed by atoms with van der Waals surface area (Å²) in [5, 5.41) is 16.6. The second kappa shape index (κ2) is 8.20. The number of hydrogen-bond donors (Lipinski definition) is 2. The van der Waals surface area contributed by atoms with E-state index in [-0.39, 0.29) is 5.69 Å². The highest BCUT2D eigenvalue weighted by Gasteiger charge is 2.14. The Balaban J connectivity index is 1.92. The first-order valence-corrected chi connectivity index (χ1v) is 7.03. The Morgan fingerprint density at radius 2 is 1.80 bits per heavy atom. The molecule has 0 atom stereocenters. The molecule has 0 aliphatic carbocycles. The average molecular weight is 342 g/mol. The van der Waals surface area contributed by atoms with Gasteiger partial charge in [0.25, 0.3) is 5.69 Å². The van der Waals surface area contributed by atoms with Crippen LogP contribution in [0, 0.1) is 10.1 Å². The summed E-state index contributed by atoms with van der Waals surface area (Å²) < 4.78 is 5.07. The van der Waals surface area contributed by atoms with Gasteiger partial charge in [0.05, 0.1) is 23.9 Å². The number of carbonyl (C=O) groups is 2. The number of ether oxygens (including phenoxy) is 1. The van der Waals surface area contributed by atoms with E-state index in [0.29, 0.717) is 17.0 Å². The Kier molecular flexibility index (Phi) is 5.77. The number of anilines is 1. The molecule has 0 fully saturated rings. The van der Waals surface area contributed by atoms with Crippen LogP contribution in [0.2, 0.25) is 0 Å². The minimum absolute atomic E-state index is 0.0580. The summed E-state index contributed by atoms with van der Waals surface area (Å²) >= 11 is 0. The normalized spacial score (nSPS) is 10.3. The molecule has 0 heterocycles. The van der Waals surface area contributed by atoms with E-state index >= 15 is 0 Å². The van der Waals surface area contributed by atoms with Gasteiger partial charge in [0.2, 0.25) is 0 Å². The summed E-state index contributed by atoms with van der Waals surface area (Å²) in [5.74, 6) is -1.47. The van der Waals surface area contributed by atoms with Crippen molar-refractivity contribution in [2.24, 2.45) is 5.10 Å². The number of amides is 2. The van der Waals surface area contributed by atoms with Gasteiger partial charge in [-0.2, -0.15) is 5.10 Å². The number of non-ortho nitro benzene ring substituents is 1. The lowest BCUT2D eigenvalue weighted by molar-refractivity contribution is -0.384. The molecule has 9 heteroatoms. The van der Waals surface area contributed by atoms with Crippen molar-refractivity contribution in [2.75, 3.05) is 12.4 Å². The molecular weight excluding hydrogens is 328 g/mol. The summed E-state index contributed by atoms with van der Waals surface area (Å²) in [6.45, 7) is 0. The fourth-order valence-corrected chi connectivity index (χ4v) is 1.83. The number of rotatable bonds is 5. The Bertz CT molecular complexity index is 818. The SMILES string of the molecule is COc1ccccc1NC(=O)C(=O)NN=Cc1ccc([N+](=O)[O-])cc1. The zero-order valence-electron chi connectivity index (χ0n) is 13.1. The zero-order chi connectivity index (χ0) is 18.2. The molecule has 25 heavy (non-hydrogen) atoms. The molecule has 0 unspecified atom stereocenters. The summed E-state index contributed by atoms with van der Waals surface area (Å²) in [6.07, 6.45) is 1.26. The minimum Gasteiger partial charge on any atom is -0.495 e. The van der Waals surface area contributed by atoms with Crippen molar-refractivity contribution in [3.63, 3.8) is 0 Å². The predicted octanol–water partition coefficient (Wildman–Crippen LogP) is 1.69. The number of nitrogens with zero attached hydrogens (tertiary/aromatic N) is 2. The number of methoxy groups -OCH3 is 1. The van der Waals surface area contributed by atoms with E-state index < -0.39 is 16.7 Å². The van der Waals surface area contributed by atoms with Crippen LogP contribution in [0.3, 0.4) is 0 Å². The lowest BCUT2D eigenvalue weighted by Crippen LogP contribution is -2.32. The van der Waals surface area contributed by atoms with Crippen LogP contribution in [0.15, 0.2) is 53.6 Å². The third-order valence-corrected chi connectivity index (χ3v) is 3.05. The van der Waals surface area contributed by atoms with Gasteiger partial charge in [0.15, 0.2) is 0 Å². The van der Waals surface area contributed by atoms with Crippen LogP contribution in [-0.4, -0.2) is 30.1 Å². The maximum atomic E-state index is 11.8. The predicted molar refractivity (Wildman–Crippen MR) is 90.5 cm³/mol. The lowest BCUT2D eigenvalue weighted by atomic mass is 10.2. The van der Waals surface area contributed by atoms with Gasteiger partial charge in [-0.1, -0.05) is 12.1 Å². The van der Waals surface area contributed by atoms with Crippen LogP contribution in [0.4, 0.5) is 11.4 Å². The third kappa shape index (κ3) is 4.86. The molecule has 2 N–H and O–H groups in total. The smallest absolute Gasteiger partial charge is 0.329 e. The van der Waals surface area contributed by atoms with E-state index in [0.717, 1.165) is 0 Å². The number of para-hydroxylation sites is 2. The van der Waals surface area contributed by atoms with Gasteiger partial charge < -0.3 is 10.1 Å². The van der Waals surface area contributed by atoms with Gasteiger partial charge in [-0.25, -0.2) is 5.43 Å². The first-order valence-electron chi connectivity index (χ1n) is 7.03. The van der Waals surface area contributed by atoms with Crippen molar-refractivity contribution >= 4 is 29.4 Å². The van der Waals surface area contributed by atoms with Crippen molar-refractivity contribution in [3.8, 4) is 5.75 Å². The largest absolute Gasteiger partial charge is 0.495 e. The quantitative estimate of drug-likeness (QED) is 0.370. The topological polar surface area (TPSA) is 123 Å². The van der Waals surface area contributed by atoms with Crippen molar-refractivity contribution < 1.29 is 19.2 Å². The van der Waals surface area contributed by atoms with Crippen molar-refractivity contribution in [3.05, 3.63) is 64.2 Å². The minimum atomic E-state index is -0.968. The van der Waals surface area contributed by atoms with E-state index in [1.54, 1.807) is 24.3 Å². The van der Waals surface area contributed by atoms with E-state index in [1.807, 2.05) is 0 Å². The van der Waals surface area contributed by atoms with Crippen molar-refractivity contribution in [1.29, 1.82) is 0 Å². The van der Waals surface area contributed by atoms with E-state index in [9.17, 15) is 19.7 Å². The van der Waals surface area contributed by atoms with E-state index in [1.165, 1.54) is 37.6 Å². The number of nitro groups is 1. The molecule has 2 aromatic rings. The zero-order valence-corrected chi connectivity index (χ0v) is 13.1. The van der Waals surface area contributed by atoms with E-state index in [4.69, 9.17) is 4.74 Å². The Morgan fingerprint density at radius 1 is 1.12 bits per heavy atom. The Morgan fingerprint density at radius 3 is 2.44 bits per heavy atom. The Labute approximate surface area is 142 Å². The molecule has 2 aromatic carbocycles. The second-order valence-electron chi connectivity index (χ2n) is 4.70. The van der Waals surface area contributed by atoms with Crippen molar-refractivity contribution in [2.45, 2.75) is 0 Å². The van der Waals surface area contributed by atoms with Gasteiger partial charge in [-0.3, -0.25) is 19.7 Å². The van der Waals surface area contributed by atoms with Gasteiger partial charge in [0, 0.05) is 12.1 Å². The van der Waals surface area contributed by atoms with Crippen LogP contribution < -0.4 is 15.5 Å². The molecular formula is C16H14N4O5. The summed E-state index contributed by atoms with van der Waals surface area (Å²) in [4.78, 5) is 33.6. The number of carbonyl (C=O) groups excluding carboxylic acids is 2. The molecule has 9 nitrogen and oxygen atoms in total. The van der Waals surface area contributed by atoms with Crippen molar-refractivity contribution in [1.82, 2.24) is 5.43 Å². The molecule has 128 valence electrons. The molecule has 2 rings (SSSR count). The standard InChI is InChI=1S/C16H14N4O5/c1-25-14-5-3-2-4-13(14)18-15(21)16(22)19-17-10-11-6-8-12(9-7-11)20(23)24/h2-10H,1H3,(H,18,21)(H,19,22). The van der Waals surface area contributed by atoms with Crippen LogP contribution >= 0.6 is 0 Å². The fraction of sp³-hybridized carbons (Fsp3) is 0.0625. The molecule has 0 radical (unpaired) electrons. The summed E-state index contributed by atoms with van der Waals surface area (Å²) in [7, 11) is 1.44. The second-order valence-corrected chi connectivity index (χ2v) is 4.70. The maximum Gasteiger partial charge on any atom is 0.329 e. The average Bonchev–Trinajstić information content (AvgIpc) is 2.62. The number of hydrogen-bond acceptors (Lipinski definition) is 6. The molecule has 0 aromatic heterocycles. The highest BCUT2D eigenvalue weighted by molar-refractivity contribution is 6.39. The van der Waals surface area contributed by atoms with Crippen LogP contribution in [0.1, 0.15) is 5.56 Å². The molecule has 2 amide bonds.